The molecule has 0 aromatic rings. The van der Waals surface area contributed by atoms with Gasteiger partial charge in [-0.3, -0.25) is 27.5 Å². The standard InChI is InChI=1S/C22H42N4O11S2/c1-21(2,13-27)17(31)19(33)25-7-5-15(29)23-9-11-36-39(35,38)37-12-10-24-16(30)6-8-26-20(34)18(32)22(3,4)14-28/h17-18,27-28,31-32H,5-14H2,1-4H3,(H,23,29)(H,24,30)(H,25,33)(H,26,34)/t17-,18-/m0/s1. The van der Waals surface area contributed by atoms with Crippen molar-refractivity contribution < 1.29 is 52.2 Å². The molecule has 15 nitrogen and oxygen atoms in total. The second-order valence-corrected chi connectivity index (χ2v) is 12.4. The van der Waals surface area contributed by atoms with Crippen LogP contribution < -0.4 is 21.3 Å². The second-order valence-electron chi connectivity index (χ2n) is 9.93. The molecule has 0 saturated carbocycles. The largest absolute Gasteiger partial charge is 0.396 e. The van der Waals surface area contributed by atoms with Gasteiger partial charge in [-0.15, -0.1) is 0 Å². The van der Waals surface area contributed by atoms with Crippen molar-refractivity contribution in [3.8, 4) is 0 Å². The number of amides is 4. The van der Waals surface area contributed by atoms with Crippen LogP contribution in [0, 0.1) is 10.8 Å². The van der Waals surface area contributed by atoms with E-state index in [1.807, 2.05) is 0 Å². The van der Waals surface area contributed by atoms with E-state index in [1.54, 1.807) is 0 Å². The lowest BCUT2D eigenvalue weighted by Crippen LogP contribution is -2.46. The van der Waals surface area contributed by atoms with Crippen LogP contribution in [0.4, 0.5) is 0 Å². The zero-order valence-corrected chi connectivity index (χ0v) is 24.3. The molecule has 2 atom stereocenters. The van der Waals surface area contributed by atoms with Gasteiger partial charge in [-0.2, -0.15) is 4.21 Å². The Kier molecular flexibility index (Phi) is 16.7. The molecule has 0 rings (SSSR count). The molecule has 17 heteroatoms. The zero-order chi connectivity index (χ0) is 30.3. The smallest absolute Gasteiger partial charge is 0.269 e. The van der Waals surface area contributed by atoms with Crippen LogP contribution in [0.25, 0.3) is 0 Å². The zero-order valence-electron chi connectivity index (χ0n) is 22.7. The summed E-state index contributed by atoms with van der Waals surface area (Å²) in [5.74, 6) is -2.32. The van der Waals surface area contributed by atoms with Crippen molar-refractivity contribution in [3.05, 3.63) is 0 Å². The average molecular weight is 603 g/mol. The molecule has 0 aliphatic carbocycles. The molecule has 8 N–H and O–H groups in total. The van der Waals surface area contributed by atoms with Gasteiger partial charge in [-0.05, 0) is 0 Å². The summed E-state index contributed by atoms with van der Waals surface area (Å²) in [5.41, 5.74) is -2.06. The van der Waals surface area contributed by atoms with Crippen LogP contribution in [0.1, 0.15) is 40.5 Å². The predicted octanol–water partition coefficient (Wildman–Crippen LogP) is -3.40. The van der Waals surface area contributed by atoms with E-state index >= 15 is 0 Å². The van der Waals surface area contributed by atoms with Crippen molar-refractivity contribution in [2.45, 2.75) is 52.7 Å². The molecular weight excluding hydrogens is 560 g/mol. The van der Waals surface area contributed by atoms with Crippen LogP contribution >= 0.6 is 0 Å². The highest BCUT2D eigenvalue weighted by atomic mass is 32.9. The lowest BCUT2D eigenvalue weighted by atomic mass is 9.87. The van der Waals surface area contributed by atoms with Crippen molar-refractivity contribution in [2.24, 2.45) is 10.8 Å². The van der Waals surface area contributed by atoms with E-state index in [9.17, 15) is 43.8 Å². The summed E-state index contributed by atoms with van der Waals surface area (Å²) < 4.78 is 22.0. The quantitative estimate of drug-likeness (QED) is 0.0637. The third-order valence-corrected chi connectivity index (χ3v) is 6.89. The van der Waals surface area contributed by atoms with Crippen molar-refractivity contribution in [2.75, 3.05) is 52.6 Å². The summed E-state index contributed by atoms with van der Waals surface area (Å²) in [7, 11) is -3.57. The van der Waals surface area contributed by atoms with E-state index in [1.165, 1.54) is 27.7 Å². The van der Waals surface area contributed by atoms with E-state index in [0.717, 1.165) is 0 Å². The highest BCUT2D eigenvalue weighted by Crippen LogP contribution is 2.20. The summed E-state index contributed by atoms with van der Waals surface area (Å²) in [6, 6.07) is 0. The Morgan fingerprint density at radius 1 is 0.718 bits per heavy atom. The van der Waals surface area contributed by atoms with Crippen molar-refractivity contribution in [3.63, 3.8) is 0 Å². The molecule has 0 spiro atoms. The minimum atomic E-state index is -3.57. The number of rotatable bonds is 20. The molecule has 228 valence electrons. The molecule has 0 unspecified atom stereocenters. The van der Waals surface area contributed by atoms with E-state index in [4.69, 9.17) is 19.6 Å². The SMILES string of the molecule is CC(C)(CO)[C@@H](O)C(=O)NCCC(=O)NCCOS(=O)(=S)OCCNC(=O)CCNC(=O)[C@H](O)C(C)(C)CO. The molecule has 0 saturated heterocycles. The van der Waals surface area contributed by atoms with Gasteiger partial charge in [-0.25, -0.2) is 0 Å². The number of hydrogen-bond acceptors (Lipinski definition) is 12. The van der Waals surface area contributed by atoms with E-state index in [-0.39, 0.29) is 52.2 Å². The normalized spacial score (nSPS) is 13.7. The van der Waals surface area contributed by atoms with Gasteiger partial charge in [0, 0.05) is 61.0 Å². The number of carbonyl (C=O) groups is 4. The van der Waals surface area contributed by atoms with Crippen LogP contribution in [0.3, 0.4) is 0 Å². The third kappa shape index (κ3) is 15.4. The maximum absolute atomic E-state index is 12.1. The summed E-state index contributed by atoms with van der Waals surface area (Å²) in [5, 5.41) is 47.8. The maximum atomic E-state index is 12.1. The van der Waals surface area contributed by atoms with Crippen LogP contribution in [0.5, 0.6) is 0 Å². The fraction of sp³-hybridized carbons (Fsp3) is 0.818. The van der Waals surface area contributed by atoms with Gasteiger partial charge in [0.15, 0.2) is 0 Å². The van der Waals surface area contributed by atoms with Gasteiger partial charge in [0.1, 0.15) is 12.2 Å². The Morgan fingerprint density at radius 2 is 1.05 bits per heavy atom. The van der Waals surface area contributed by atoms with Gasteiger partial charge in [0.05, 0.1) is 26.4 Å². The van der Waals surface area contributed by atoms with E-state index in [0.29, 0.717) is 0 Å². The summed E-state index contributed by atoms with van der Waals surface area (Å²) >= 11 is 4.71. The predicted molar refractivity (Wildman–Crippen MR) is 142 cm³/mol. The Morgan fingerprint density at radius 3 is 1.36 bits per heavy atom. The number of hydrogen-bond donors (Lipinski definition) is 8. The number of carbonyl (C=O) groups excluding carboxylic acids is 4. The minimum absolute atomic E-state index is 0.0451. The molecule has 4 amide bonds. The monoisotopic (exact) mass is 602 g/mol. The molecular formula is C22H42N4O11S2. The van der Waals surface area contributed by atoms with E-state index in [2.05, 4.69) is 21.3 Å². The van der Waals surface area contributed by atoms with Crippen LogP contribution in [-0.2, 0) is 47.8 Å². The highest BCUT2D eigenvalue weighted by molar-refractivity contribution is 8.27. The molecule has 0 radical (unpaired) electrons. The fourth-order valence-corrected chi connectivity index (χ4v) is 3.60. The van der Waals surface area contributed by atoms with Crippen molar-refractivity contribution in [1.82, 2.24) is 21.3 Å². The molecule has 0 aliphatic heterocycles. The van der Waals surface area contributed by atoms with Gasteiger partial charge < -0.3 is 41.7 Å². The Hall–Kier alpha value is -1.99. The summed E-state index contributed by atoms with van der Waals surface area (Å²) in [6.07, 6.45) is -3.07. The summed E-state index contributed by atoms with van der Waals surface area (Å²) in [4.78, 5) is 47.3. The Labute approximate surface area is 233 Å². The first-order valence-corrected chi connectivity index (χ1v) is 14.5. The fourth-order valence-electron chi connectivity index (χ4n) is 2.55. The Bertz CT molecular complexity index is 848. The molecule has 0 heterocycles. The lowest BCUT2D eigenvalue weighted by molar-refractivity contribution is -0.137. The maximum Gasteiger partial charge on any atom is 0.269 e. The summed E-state index contributed by atoms with van der Waals surface area (Å²) in [6.45, 7) is 4.63. The van der Waals surface area contributed by atoms with Gasteiger partial charge in [0.25, 0.3) is 9.05 Å². The first kappa shape index (κ1) is 37.0. The van der Waals surface area contributed by atoms with Gasteiger partial charge >= 0.3 is 0 Å². The Balaban J connectivity index is 4.02. The first-order chi connectivity index (χ1) is 18.0. The topological polar surface area (TPSA) is 233 Å². The van der Waals surface area contributed by atoms with Gasteiger partial charge in [0.2, 0.25) is 23.6 Å². The second kappa shape index (κ2) is 17.6. The number of aliphatic hydroxyl groups is 4. The third-order valence-electron chi connectivity index (χ3n) is 5.40. The van der Waals surface area contributed by atoms with Crippen LogP contribution in [0.2, 0.25) is 0 Å². The first-order valence-electron chi connectivity index (χ1n) is 12.2. The molecule has 0 fully saturated rings. The molecule has 0 aromatic carbocycles. The highest BCUT2D eigenvalue weighted by Gasteiger charge is 2.33. The minimum Gasteiger partial charge on any atom is -0.396 e. The number of nitrogens with one attached hydrogen (secondary N) is 4. The van der Waals surface area contributed by atoms with E-state index < -0.39 is 68.9 Å². The molecule has 0 bridgehead atoms. The molecule has 0 aromatic heterocycles. The lowest BCUT2D eigenvalue weighted by Gasteiger charge is -2.27. The number of aliphatic hydroxyl groups excluding tert-OH is 4. The van der Waals surface area contributed by atoms with Crippen LogP contribution in [-0.4, -0.2) is 113 Å². The van der Waals surface area contributed by atoms with Crippen molar-refractivity contribution in [1.29, 1.82) is 0 Å². The van der Waals surface area contributed by atoms with Crippen molar-refractivity contribution >= 4 is 43.9 Å². The van der Waals surface area contributed by atoms with Crippen LogP contribution in [0.15, 0.2) is 0 Å². The average Bonchev–Trinajstić information content (AvgIpc) is 2.87. The van der Waals surface area contributed by atoms with Gasteiger partial charge in [-0.1, -0.05) is 27.7 Å². The molecule has 39 heavy (non-hydrogen) atoms. The molecule has 0 aliphatic rings.